The maximum Gasteiger partial charge on any atom is 0.257 e. The summed E-state index contributed by atoms with van der Waals surface area (Å²) in [4.78, 5) is 19.2. The minimum atomic E-state index is -0.0768. The molecular weight excluding hydrogens is 312 g/mol. The van der Waals surface area contributed by atoms with E-state index in [0.717, 1.165) is 55.7 Å². The molecular formula is C17H20N2O3S. The lowest BCUT2D eigenvalue weighted by molar-refractivity contribution is -0.130. The minimum Gasteiger partial charge on any atom is -0.431 e. The summed E-state index contributed by atoms with van der Waals surface area (Å²) < 4.78 is 11.2. The second kappa shape index (κ2) is 6.17. The Morgan fingerprint density at radius 1 is 1.26 bits per heavy atom. The smallest absolute Gasteiger partial charge is 0.257 e. The van der Waals surface area contributed by atoms with E-state index in [4.69, 9.17) is 9.15 Å². The van der Waals surface area contributed by atoms with Crippen molar-refractivity contribution >= 4 is 28.8 Å². The maximum atomic E-state index is 12.7. The van der Waals surface area contributed by atoms with Crippen LogP contribution in [0.2, 0.25) is 0 Å². The highest BCUT2D eigenvalue weighted by Crippen LogP contribution is 2.34. The van der Waals surface area contributed by atoms with Crippen LogP contribution >= 0.6 is 11.8 Å². The van der Waals surface area contributed by atoms with E-state index in [9.17, 15) is 4.79 Å². The van der Waals surface area contributed by atoms with Crippen LogP contribution in [0.4, 0.5) is 0 Å². The molecule has 1 unspecified atom stereocenters. The Morgan fingerprint density at radius 3 is 2.91 bits per heavy atom. The number of thioether (sulfide) groups is 1. The Morgan fingerprint density at radius 2 is 2.09 bits per heavy atom. The molecule has 0 saturated carbocycles. The summed E-state index contributed by atoms with van der Waals surface area (Å²) in [7, 11) is 0. The number of carbonyl (C=O) groups is 1. The molecule has 0 N–H and O–H groups in total. The zero-order valence-electron chi connectivity index (χ0n) is 13.2. The molecule has 1 aromatic carbocycles. The van der Waals surface area contributed by atoms with Crippen LogP contribution in [-0.2, 0) is 9.53 Å². The molecule has 2 aliphatic rings. The molecule has 23 heavy (non-hydrogen) atoms. The normalized spacial score (nSPS) is 23.1. The topological polar surface area (TPSA) is 55.6 Å². The molecule has 3 heterocycles. The molecule has 2 aliphatic heterocycles. The molecule has 2 aromatic rings. The predicted octanol–water partition coefficient (Wildman–Crippen LogP) is 3.01. The number of hydrogen-bond donors (Lipinski definition) is 0. The monoisotopic (exact) mass is 332 g/mol. The van der Waals surface area contributed by atoms with E-state index in [2.05, 4.69) is 4.98 Å². The predicted molar refractivity (Wildman–Crippen MR) is 88.6 cm³/mol. The number of nitrogens with zero attached hydrogens (tertiary/aromatic N) is 2. The number of amides is 1. The molecule has 1 atom stereocenters. The number of rotatable bonds is 3. The van der Waals surface area contributed by atoms with E-state index in [-0.39, 0.29) is 11.2 Å². The number of hydrogen-bond acceptors (Lipinski definition) is 5. The van der Waals surface area contributed by atoms with Gasteiger partial charge in [-0.1, -0.05) is 17.8 Å². The summed E-state index contributed by atoms with van der Waals surface area (Å²) in [5.74, 6) is 0.223. The highest BCUT2D eigenvalue weighted by molar-refractivity contribution is 8.00. The molecule has 2 saturated heterocycles. The van der Waals surface area contributed by atoms with Gasteiger partial charge in [0, 0.05) is 25.8 Å². The number of ether oxygens (including phenoxy) is 1. The zero-order chi connectivity index (χ0) is 15.8. The van der Waals surface area contributed by atoms with Crippen LogP contribution in [0, 0.1) is 6.92 Å². The number of likely N-dealkylation sites (tertiary alicyclic amines) is 1. The minimum absolute atomic E-state index is 0.0768. The number of aryl methyl sites for hydroxylation is 1. The van der Waals surface area contributed by atoms with E-state index in [1.54, 1.807) is 0 Å². The van der Waals surface area contributed by atoms with Crippen molar-refractivity contribution in [3.8, 4) is 0 Å². The van der Waals surface area contributed by atoms with E-state index in [1.807, 2.05) is 30.0 Å². The molecule has 5 nitrogen and oxygen atoms in total. The van der Waals surface area contributed by atoms with Gasteiger partial charge in [0.2, 0.25) is 5.91 Å². The van der Waals surface area contributed by atoms with Gasteiger partial charge in [0.15, 0.2) is 5.58 Å². The standard InChI is InChI=1S/C17H20N2O3S/c1-11-2-3-14-13(10-11)18-17(22-14)23-15-4-7-19(16(15)20)12-5-8-21-9-6-12/h2-3,10,12,15H,4-9H2,1H3. The number of benzene rings is 1. The van der Waals surface area contributed by atoms with Gasteiger partial charge in [0.1, 0.15) is 5.52 Å². The average Bonchev–Trinajstić information content (AvgIpc) is 3.12. The van der Waals surface area contributed by atoms with E-state index in [0.29, 0.717) is 11.3 Å². The zero-order valence-corrected chi connectivity index (χ0v) is 14.0. The third-order valence-electron chi connectivity index (χ3n) is 4.59. The van der Waals surface area contributed by atoms with Crippen LogP contribution in [0.3, 0.4) is 0 Å². The molecule has 1 aromatic heterocycles. The number of fused-ring (bicyclic) bond motifs is 1. The number of oxazole rings is 1. The fraction of sp³-hybridized carbons (Fsp3) is 0.529. The third kappa shape index (κ3) is 2.97. The van der Waals surface area contributed by atoms with Crippen LogP contribution in [0.1, 0.15) is 24.8 Å². The Bertz CT molecular complexity index is 724. The van der Waals surface area contributed by atoms with Crippen molar-refractivity contribution < 1.29 is 13.9 Å². The summed E-state index contributed by atoms with van der Waals surface area (Å²) in [6.45, 7) is 4.39. The molecule has 2 fully saturated rings. The Hall–Kier alpha value is -1.53. The van der Waals surface area contributed by atoms with Gasteiger partial charge in [0.05, 0.1) is 5.25 Å². The second-order valence-electron chi connectivity index (χ2n) is 6.22. The summed E-state index contributed by atoms with van der Waals surface area (Å²) in [6.07, 6.45) is 2.76. The van der Waals surface area contributed by atoms with Gasteiger partial charge in [-0.25, -0.2) is 4.98 Å². The van der Waals surface area contributed by atoms with Gasteiger partial charge in [-0.2, -0.15) is 0 Å². The van der Waals surface area contributed by atoms with Crippen molar-refractivity contribution in [1.29, 1.82) is 0 Å². The summed E-state index contributed by atoms with van der Waals surface area (Å²) in [5, 5.41) is 0.518. The molecule has 122 valence electrons. The largest absolute Gasteiger partial charge is 0.431 e. The van der Waals surface area contributed by atoms with Crippen molar-refractivity contribution in [2.45, 2.75) is 42.7 Å². The van der Waals surface area contributed by atoms with Gasteiger partial charge < -0.3 is 14.1 Å². The van der Waals surface area contributed by atoms with Gasteiger partial charge in [0.25, 0.3) is 5.22 Å². The SMILES string of the molecule is Cc1ccc2oc(SC3CCN(C4CCOCC4)C3=O)nc2c1. The van der Waals surface area contributed by atoms with Crippen LogP contribution in [0.25, 0.3) is 11.1 Å². The van der Waals surface area contributed by atoms with Crippen molar-refractivity contribution in [3.05, 3.63) is 23.8 Å². The first-order valence-corrected chi connectivity index (χ1v) is 9.01. The first-order valence-electron chi connectivity index (χ1n) is 8.13. The molecule has 0 aliphatic carbocycles. The highest BCUT2D eigenvalue weighted by Gasteiger charge is 2.37. The Labute approximate surface area is 139 Å². The average molecular weight is 332 g/mol. The lowest BCUT2D eigenvalue weighted by Gasteiger charge is -2.31. The van der Waals surface area contributed by atoms with Gasteiger partial charge >= 0.3 is 0 Å². The Kier molecular flexibility index (Phi) is 4.03. The van der Waals surface area contributed by atoms with Crippen LogP contribution in [0.5, 0.6) is 0 Å². The van der Waals surface area contributed by atoms with Gasteiger partial charge in [-0.3, -0.25) is 4.79 Å². The Balaban J connectivity index is 1.46. The molecule has 1 amide bonds. The van der Waals surface area contributed by atoms with E-state index in [1.165, 1.54) is 11.8 Å². The molecule has 0 radical (unpaired) electrons. The first kappa shape index (κ1) is 15.0. The number of aromatic nitrogens is 1. The van der Waals surface area contributed by atoms with E-state index < -0.39 is 0 Å². The van der Waals surface area contributed by atoms with Crippen molar-refractivity contribution in [2.75, 3.05) is 19.8 Å². The third-order valence-corrected chi connectivity index (χ3v) is 5.69. The second-order valence-corrected chi connectivity index (χ2v) is 7.38. The summed E-state index contributed by atoms with van der Waals surface area (Å²) in [5.41, 5.74) is 2.80. The maximum absolute atomic E-state index is 12.7. The summed E-state index contributed by atoms with van der Waals surface area (Å²) in [6, 6.07) is 6.30. The fourth-order valence-corrected chi connectivity index (χ4v) is 4.32. The lowest BCUT2D eigenvalue weighted by Crippen LogP contribution is -2.41. The van der Waals surface area contributed by atoms with Crippen LogP contribution in [-0.4, -0.2) is 46.8 Å². The van der Waals surface area contributed by atoms with Crippen molar-refractivity contribution in [3.63, 3.8) is 0 Å². The van der Waals surface area contributed by atoms with Crippen molar-refractivity contribution in [2.24, 2.45) is 0 Å². The van der Waals surface area contributed by atoms with Crippen LogP contribution in [0.15, 0.2) is 27.8 Å². The first-order chi connectivity index (χ1) is 11.2. The molecule has 6 heteroatoms. The fourth-order valence-electron chi connectivity index (χ4n) is 3.33. The number of carbonyl (C=O) groups excluding carboxylic acids is 1. The summed E-state index contributed by atoms with van der Waals surface area (Å²) >= 11 is 1.46. The van der Waals surface area contributed by atoms with Gasteiger partial charge in [-0.15, -0.1) is 0 Å². The van der Waals surface area contributed by atoms with Crippen LogP contribution < -0.4 is 0 Å². The van der Waals surface area contributed by atoms with Gasteiger partial charge in [-0.05, 0) is 43.9 Å². The molecule has 4 rings (SSSR count). The lowest BCUT2D eigenvalue weighted by atomic mass is 10.1. The molecule has 0 bridgehead atoms. The van der Waals surface area contributed by atoms with E-state index >= 15 is 0 Å². The van der Waals surface area contributed by atoms with Crippen molar-refractivity contribution in [1.82, 2.24) is 9.88 Å². The highest BCUT2D eigenvalue weighted by atomic mass is 32.2. The molecule has 0 spiro atoms. The quantitative estimate of drug-likeness (QED) is 0.865.